The first kappa shape index (κ1) is 13.8. The van der Waals surface area contributed by atoms with E-state index in [0.29, 0.717) is 12.6 Å². The van der Waals surface area contributed by atoms with Gasteiger partial charge >= 0.3 is 0 Å². The average molecular weight is 236 g/mol. The zero-order valence-electron chi connectivity index (χ0n) is 11.4. The quantitative estimate of drug-likeness (QED) is 0.787. The first-order chi connectivity index (χ1) is 8.21. The number of hydrogen-bond donors (Lipinski definition) is 1. The van der Waals surface area contributed by atoms with Crippen molar-refractivity contribution in [3.8, 4) is 5.75 Å². The molecule has 0 saturated heterocycles. The van der Waals surface area contributed by atoms with Gasteiger partial charge in [0.25, 0.3) is 0 Å². The fourth-order valence-electron chi connectivity index (χ4n) is 1.78. The Bertz CT molecular complexity index is 328. The second-order valence-corrected chi connectivity index (χ2v) is 4.16. The third kappa shape index (κ3) is 4.27. The normalized spacial score (nSPS) is 12.2. The lowest BCUT2D eigenvalue weighted by molar-refractivity contribution is 0.340. The van der Waals surface area contributed by atoms with Gasteiger partial charge in [-0.3, -0.25) is 0 Å². The van der Waals surface area contributed by atoms with Crippen molar-refractivity contribution in [2.75, 3.05) is 31.6 Å². The molecule has 0 aliphatic rings. The summed E-state index contributed by atoms with van der Waals surface area (Å²) in [5, 5.41) is 3.27. The Morgan fingerprint density at radius 1 is 1.35 bits per heavy atom. The molecular formula is C14H24N2O. The van der Waals surface area contributed by atoms with Crippen molar-refractivity contribution in [2.45, 2.75) is 26.8 Å². The largest absolute Gasteiger partial charge is 0.494 e. The second-order valence-electron chi connectivity index (χ2n) is 4.16. The van der Waals surface area contributed by atoms with Gasteiger partial charge in [-0.2, -0.15) is 0 Å². The Morgan fingerprint density at radius 3 is 2.71 bits per heavy atom. The number of rotatable bonds is 7. The molecule has 0 aliphatic heterocycles. The summed E-state index contributed by atoms with van der Waals surface area (Å²) in [5.41, 5.74) is 1.22. The van der Waals surface area contributed by atoms with Gasteiger partial charge in [-0.05, 0) is 40.0 Å². The lowest BCUT2D eigenvalue weighted by atomic mass is 10.2. The van der Waals surface area contributed by atoms with Crippen LogP contribution in [-0.4, -0.2) is 32.8 Å². The molecule has 0 aromatic heterocycles. The Kier molecular flexibility index (Phi) is 5.84. The molecule has 1 rings (SSSR count). The molecule has 3 heteroatoms. The lowest BCUT2D eigenvalue weighted by Crippen LogP contribution is -2.37. The van der Waals surface area contributed by atoms with E-state index >= 15 is 0 Å². The van der Waals surface area contributed by atoms with Crippen LogP contribution >= 0.6 is 0 Å². The maximum absolute atomic E-state index is 5.53. The highest BCUT2D eigenvalue weighted by Gasteiger charge is 2.08. The van der Waals surface area contributed by atoms with Gasteiger partial charge in [0.2, 0.25) is 0 Å². The number of hydrogen-bond acceptors (Lipinski definition) is 3. The zero-order valence-corrected chi connectivity index (χ0v) is 11.4. The summed E-state index contributed by atoms with van der Waals surface area (Å²) < 4.78 is 5.53. The predicted molar refractivity (Wildman–Crippen MR) is 74.0 cm³/mol. The molecule has 3 nitrogen and oxygen atoms in total. The van der Waals surface area contributed by atoms with Crippen LogP contribution in [0.4, 0.5) is 5.69 Å². The number of benzene rings is 1. The van der Waals surface area contributed by atoms with Crippen molar-refractivity contribution in [3.05, 3.63) is 24.3 Å². The molecule has 0 heterocycles. The van der Waals surface area contributed by atoms with Crippen LogP contribution in [0.15, 0.2) is 24.3 Å². The van der Waals surface area contributed by atoms with Crippen LogP contribution in [-0.2, 0) is 0 Å². The van der Waals surface area contributed by atoms with Crippen molar-refractivity contribution in [2.24, 2.45) is 0 Å². The van der Waals surface area contributed by atoms with Crippen LogP contribution in [0, 0.1) is 0 Å². The minimum Gasteiger partial charge on any atom is -0.494 e. The van der Waals surface area contributed by atoms with Gasteiger partial charge in [0.05, 0.1) is 6.61 Å². The summed E-state index contributed by atoms with van der Waals surface area (Å²) in [5.74, 6) is 0.945. The average Bonchev–Trinajstić information content (AvgIpc) is 2.36. The highest BCUT2D eigenvalue weighted by Crippen LogP contribution is 2.21. The summed E-state index contributed by atoms with van der Waals surface area (Å²) in [6.07, 6.45) is 0. The van der Waals surface area contributed by atoms with E-state index in [2.05, 4.69) is 36.2 Å². The molecule has 1 N–H and O–H groups in total. The minimum absolute atomic E-state index is 0.477. The van der Waals surface area contributed by atoms with E-state index in [9.17, 15) is 0 Å². The Hall–Kier alpha value is -1.22. The molecular weight excluding hydrogens is 212 g/mol. The number of anilines is 1. The maximum Gasteiger partial charge on any atom is 0.121 e. The first-order valence-electron chi connectivity index (χ1n) is 6.36. The Labute approximate surface area is 105 Å². The smallest absolute Gasteiger partial charge is 0.121 e. The van der Waals surface area contributed by atoms with E-state index in [1.807, 2.05) is 26.1 Å². The molecule has 0 unspecified atom stereocenters. The van der Waals surface area contributed by atoms with Crippen LogP contribution in [0.3, 0.4) is 0 Å². The summed E-state index contributed by atoms with van der Waals surface area (Å²) in [4.78, 5) is 2.35. The van der Waals surface area contributed by atoms with Gasteiger partial charge < -0.3 is 15.0 Å². The molecule has 0 bridgehead atoms. The van der Waals surface area contributed by atoms with E-state index in [-0.39, 0.29) is 0 Å². The van der Waals surface area contributed by atoms with Crippen LogP contribution in [0.25, 0.3) is 0 Å². The fourth-order valence-corrected chi connectivity index (χ4v) is 1.78. The van der Waals surface area contributed by atoms with Crippen molar-refractivity contribution >= 4 is 5.69 Å². The zero-order chi connectivity index (χ0) is 12.7. The van der Waals surface area contributed by atoms with Gasteiger partial charge in [0, 0.05) is 30.9 Å². The van der Waals surface area contributed by atoms with E-state index in [0.717, 1.165) is 18.8 Å². The summed E-state index contributed by atoms with van der Waals surface area (Å²) in [6, 6.07) is 8.77. The first-order valence-corrected chi connectivity index (χ1v) is 6.36. The van der Waals surface area contributed by atoms with Gasteiger partial charge in [-0.1, -0.05) is 6.07 Å². The number of nitrogens with zero attached hydrogens (tertiary/aromatic N) is 1. The molecule has 1 aromatic rings. The van der Waals surface area contributed by atoms with Crippen molar-refractivity contribution < 1.29 is 4.74 Å². The van der Waals surface area contributed by atoms with Crippen molar-refractivity contribution in [3.63, 3.8) is 0 Å². The van der Waals surface area contributed by atoms with E-state index in [1.54, 1.807) is 0 Å². The lowest BCUT2D eigenvalue weighted by Gasteiger charge is -2.26. The highest BCUT2D eigenvalue weighted by atomic mass is 16.5. The predicted octanol–water partition coefficient (Wildman–Crippen LogP) is 2.52. The Balaban J connectivity index is 2.76. The molecule has 96 valence electrons. The standard InChI is InChI=1S/C14H24N2O/c1-5-16(11-12(3)15-4)13-8-7-9-14(10-13)17-6-2/h7-10,12,15H,5-6,11H2,1-4H3/t12-/m1/s1. The molecule has 0 aliphatic carbocycles. The second kappa shape index (κ2) is 7.17. The molecule has 0 fully saturated rings. The number of likely N-dealkylation sites (N-methyl/N-ethyl adjacent to an activating group) is 2. The fraction of sp³-hybridized carbons (Fsp3) is 0.571. The molecule has 17 heavy (non-hydrogen) atoms. The van der Waals surface area contributed by atoms with Crippen LogP contribution < -0.4 is 15.0 Å². The third-order valence-electron chi connectivity index (χ3n) is 2.86. The number of ether oxygens (including phenoxy) is 1. The SMILES string of the molecule is CCOc1cccc(N(CC)C[C@@H](C)NC)c1. The van der Waals surface area contributed by atoms with E-state index in [4.69, 9.17) is 4.74 Å². The number of nitrogens with one attached hydrogen (secondary N) is 1. The van der Waals surface area contributed by atoms with Gasteiger partial charge in [-0.15, -0.1) is 0 Å². The van der Waals surface area contributed by atoms with Crippen LogP contribution in [0.1, 0.15) is 20.8 Å². The van der Waals surface area contributed by atoms with Gasteiger partial charge in [0.1, 0.15) is 5.75 Å². The summed E-state index contributed by atoms with van der Waals surface area (Å²) in [7, 11) is 2.00. The molecule has 1 atom stereocenters. The van der Waals surface area contributed by atoms with Crippen LogP contribution in [0.2, 0.25) is 0 Å². The molecule has 0 amide bonds. The molecule has 1 aromatic carbocycles. The van der Waals surface area contributed by atoms with Gasteiger partial charge in [-0.25, -0.2) is 0 Å². The van der Waals surface area contributed by atoms with Gasteiger partial charge in [0.15, 0.2) is 0 Å². The Morgan fingerprint density at radius 2 is 2.12 bits per heavy atom. The third-order valence-corrected chi connectivity index (χ3v) is 2.86. The topological polar surface area (TPSA) is 24.5 Å². The maximum atomic E-state index is 5.53. The molecule has 0 radical (unpaired) electrons. The van der Waals surface area contributed by atoms with E-state index < -0.39 is 0 Å². The molecule has 0 spiro atoms. The summed E-state index contributed by atoms with van der Waals surface area (Å²) >= 11 is 0. The van der Waals surface area contributed by atoms with Crippen molar-refractivity contribution in [1.82, 2.24) is 5.32 Å². The monoisotopic (exact) mass is 236 g/mol. The van der Waals surface area contributed by atoms with E-state index in [1.165, 1.54) is 5.69 Å². The minimum atomic E-state index is 0.477. The van der Waals surface area contributed by atoms with Crippen molar-refractivity contribution in [1.29, 1.82) is 0 Å². The highest BCUT2D eigenvalue weighted by molar-refractivity contribution is 5.50. The molecule has 0 saturated carbocycles. The summed E-state index contributed by atoms with van der Waals surface area (Å²) in [6.45, 7) is 9.09. The van der Waals surface area contributed by atoms with Crippen LogP contribution in [0.5, 0.6) is 5.75 Å².